The van der Waals surface area contributed by atoms with Crippen molar-refractivity contribution >= 4 is 28.6 Å². The Balaban J connectivity index is 1.58. The van der Waals surface area contributed by atoms with Gasteiger partial charge in [0.1, 0.15) is 0 Å². The standard InChI is InChI=1S/C20H19N3O/c1-15-6-4-10-18(12-15)21-14-20(24)23-22-13-17-9-5-8-16-7-2-3-11-19(16)17/h2-13,21H,14H2,1H3,(H,23,24). The molecule has 0 bridgehead atoms. The molecule has 0 aromatic heterocycles. The number of carbonyl (C=O) groups is 1. The van der Waals surface area contributed by atoms with Crippen molar-refractivity contribution in [3.63, 3.8) is 0 Å². The number of aryl methyl sites for hydroxylation is 1. The van der Waals surface area contributed by atoms with Crippen molar-refractivity contribution in [2.75, 3.05) is 11.9 Å². The van der Waals surface area contributed by atoms with Crippen LogP contribution in [-0.4, -0.2) is 18.7 Å². The van der Waals surface area contributed by atoms with Gasteiger partial charge in [-0.05, 0) is 35.4 Å². The van der Waals surface area contributed by atoms with Gasteiger partial charge in [-0.15, -0.1) is 0 Å². The van der Waals surface area contributed by atoms with Crippen molar-refractivity contribution in [1.29, 1.82) is 0 Å². The van der Waals surface area contributed by atoms with Gasteiger partial charge in [-0.25, -0.2) is 5.43 Å². The van der Waals surface area contributed by atoms with Crippen molar-refractivity contribution in [3.8, 4) is 0 Å². The maximum absolute atomic E-state index is 11.9. The number of carbonyl (C=O) groups excluding carboxylic acids is 1. The fourth-order valence-electron chi connectivity index (χ4n) is 2.51. The van der Waals surface area contributed by atoms with Crippen LogP contribution in [0.5, 0.6) is 0 Å². The molecule has 0 fully saturated rings. The summed E-state index contributed by atoms with van der Waals surface area (Å²) in [6.07, 6.45) is 1.67. The third-order valence-corrected chi connectivity index (χ3v) is 3.69. The molecule has 0 aliphatic rings. The van der Waals surface area contributed by atoms with Crippen LogP contribution < -0.4 is 10.7 Å². The molecule has 0 aliphatic heterocycles. The average Bonchev–Trinajstić information content (AvgIpc) is 2.60. The molecule has 3 aromatic carbocycles. The van der Waals surface area contributed by atoms with Gasteiger partial charge < -0.3 is 5.32 Å². The van der Waals surface area contributed by atoms with E-state index in [9.17, 15) is 4.79 Å². The zero-order valence-electron chi connectivity index (χ0n) is 13.5. The number of fused-ring (bicyclic) bond motifs is 1. The summed E-state index contributed by atoms with van der Waals surface area (Å²) in [5.41, 5.74) is 5.59. The molecule has 2 N–H and O–H groups in total. The molecule has 0 saturated carbocycles. The monoisotopic (exact) mass is 317 g/mol. The van der Waals surface area contributed by atoms with E-state index in [-0.39, 0.29) is 12.5 Å². The minimum Gasteiger partial charge on any atom is -0.376 e. The highest BCUT2D eigenvalue weighted by molar-refractivity contribution is 6.00. The Morgan fingerprint density at radius 3 is 2.71 bits per heavy atom. The second-order valence-electron chi connectivity index (χ2n) is 5.58. The van der Waals surface area contributed by atoms with Crippen LogP contribution in [0.1, 0.15) is 11.1 Å². The van der Waals surface area contributed by atoms with E-state index in [0.717, 1.165) is 27.6 Å². The number of hydrogen-bond acceptors (Lipinski definition) is 3. The number of hydrazone groups is 1. The molecule has 0 aliphatic carbocycles. The second kappa shape index (κ2) is 7.42. The zero-order chi connectivity index (χ0) is 16.8. The number of benzene rings is 3. The molecule has 0 unspecified atom stereocenters. The van der Waals surface area contributed by atoms with E-state index in [1.807, 2.05) is 61.5 Å². The van der Waals surface area contributed by atoms with Crippen LogP contribution in [0.4, 0.5) is 5.69 Å². The van der Waals surface area contributed by atoms with Crippen LogP contribution >= 0.6 is 0 Å². The Morgan fingerprint density at radius 1 is 1.04 bits per heavy atom. The second-order valence-corrected chi connectivity index (χ2v) is 5.58. The molecule has 0 atom stereocenters. The molecule has 4 nitrogen and oxygen atoms in total. The molecule has 0 heterocycles. The van der Waals surface area contributed by atoms with Gasteiger partial charge in [0.05, 0.1) is 12.8 Å². The number of rotatable bonds is 5. The summed E-state index contributed by atoms with van der Waals surface area (Å²) >= 11 is 0. The number of nitrogens with one attached hydrogen (secondary N) is 2. The lowest BCUT2D eigenvalue weighted by atomic mass is 10.1. The number of amides is 1. The maximum atomic E-state index is 11.9. The van der Waals surface area contributed by atoms with Gasteiger partial charge in [-0.3, -0.25) is 4.79 Å². The summed E-state index contributed by atoms with van der Waals surface area (Å²) in [5.74, 6) is -0.187. The zero-order valence-corrected chi connectivity index (χ0v) is 13.5. The third kappa shape index (κ3) is 3.98. The Labute approximate surface area is 141 Å². The van der Waals surface area contributed by atoms with Gasteiger partial charge in [0.2, 0.25) is 0 Å². The molecular formula is C20H19N3O. The fourth-order valence-corrected chi connectivity index (χ4v) is 2.51. The maximum Gasteiger partial charge on any atom is 0.259 e. The van der Waals surface area contributed by atoms with E-state index in [2.05, 4.69) is 28.0 Å². The first-order valence-electron chi connectivity index (χ1n) is 7.82. The first kappa shape index (κ1) is 15.7. The lowest BCUT2D eigenvalue weighted by Gasteiger charge is -2.06. The highest BCUT2D eigenvalue weighted by Crippen LogP contribution is 2.16. The molecule has 24 heavy (non-hydrogen) atoms. The quantitative estimate of drug-likeness (QED) is 0.557. The Hall–Kier alpha value is -3.14. The molecule has 0 radical (unpaired) electrons. The molecule has 3 aromatic rings. The van der Waals surface area contributed by atoms with Gasteiger partial charge in [0, 0.05) is 11.3 Å². The van der Waals surface area contributed by atoms with Gasteiger partial charge in [0.15, 0.2) is 0 Å². The molecular weight excluding hydrogens is 298 g/mol. The van der Waals surface area contributed by atoms with Crippen molar-refractivity contribution in [2.45, 2.75) is 6.92 Å². The number of nitrogens with zero attached hydrogens (tertiary/aromatic N) is 1. The van der Waals surface area contributed by atoms with Gasteiger partial charge in [-0.2, -0.15) is 5.10 Å². The third-order valence-electron chi connectivity index (χ3n) is 3.69. The smallest absolute Gasteiger partial charge is 0.259 e. The van der Waals surface area contributed by atoms with Gasteiger partial charge >= 0.3 is 0 Å². The first-order chi connectivity index (χ1) is 11.7. The number of anilines is 1. The number of hydrogen-bond donors (Lipinski definition) is 2. The van der Waals surface area contributed by atoms with E-state index in [1.165, 1.54) is 0 Å². The minimum absolute atomic E-state index is 0.177. The summed E-state index contributed by atoms with van der Waals surface area (Å²) in [7, 11) is 0. The molecule has 1 amide bonds. The lowest BCUT2D eigenvalue weighted by molar-refractivity contribution is -0.119. The van der Waals surface area contributed by atoms with Gasteiger partial charge in [-0.1, -0.05) is 54.6 Å². The molecule has 3 rings (SSSR count). The first-order valence-corrected chi connectivity index (χ1v) is 7.82. The Morgan fingerprint density at radius 2 is 1.83 bits per heavy atom. The van der Waals surface area contributed by atoms with Crippen molar-refractivity contribution in [1.82, 2.24) is 5.43 Å². The summed E-state index contributed by atoms with van der Waals surface area (Å²) in [5, 5.41) is 9.39. The van der Waals surface area contributed by atoms with Crippen molar-refractivity contribution in [3.05, 3.63) is 77.9 Å². The molecule has 0 saturated heterocycles. The van der Waals surface area contributed by atoms with Crippen LogP contribution in [0.15, 0.2) is 71.8 Å². The predicted octanol–water partition coefficient (Wildman–Crippen LogP) is 3.71. The van der Waals surface area contributed by atoms with Crippen molar-refractivity contribution < 1.29 is 4.79 Å². The molecule has 4 heteroatoms. The predicted molar refractivity (Wildman–Crippen MR) is 99.4 cm³/mol. The van der Waals surface area contributed by atoms with E-state index < -0.39 is 0 Å². The van der Waals surface area contributed by atoms with Crippen LogP contribution in [0.2, 0.25) is 0 Å². The topological polar surface area (TPSA) is 53.5 Å². The highest BCUT2D eigenvalue weighted by atomic mass is 16.2. The highest BCUT2D eigenvalue weighted by Gasteiger charge is 2.00. The Bertz CT molecular complexity index is 881. The normalized spacial score (nSPS) is 10.9. The van der Waals surface area contributed by atoms with Gasteiger partial charge in [0.25, 0.3) is 5.91 Å². The summed E-state index contributed by atoms with van der Waals surface area (Å²) in [6.45, 7) is 2.19. The largest absolute Gasteiger partial charge is 0.376 e. The summed E-state index contributed by atoms with van der Waals surface area (Å²) < 4.78 is 0. The summed E-state index contributed by atoms with van der Waals surface area (Å²) in [4.78, 5) is 11.9. The van der Waals surface area contributed by atoms with Crippen LogP contribution in [0.3, 0.4) is 0 Å². The van der Waals surface area contributed by atoms with E-state index in [4.69, 9.17) is 0 Å². The molecule has 120 valence electrons. The van der Waals surface area contributed by atoms with Crippen LogP contribution in [0.25, 0.3) is 10.8 Å². The minimum atomic E-state index is -0.187. The van der Waals surface area contributed by atoms with E-state index in [0.29, 0.717) is 0 Å². The molecule has 0 spiro atoms. The van der Waals surface area contributed by atoms with Crippen molar-refractivity contribution in [2.24, 2.45) is 5.10 Å². The average molecular weight is 317 g/mol. The SMILES string of the molecule is Cc1cccc(NCC(=O)NN=Cc2cccc3ccccc23)c1. The van der Waals surface area contributed by atoms with E-state index >= 15 is 0 Å². The lowest BCUT2D eigenvalue weighted by Crippen LogP contribution is -2.25. The van der Waals surface area contributed by atoms with E-state index in [1.54, 1.807) is 6.21 Å². The fraction of sp³-hybridized carbons (Fsp3) is 0.100. The summed E-state index contributed by atoms with van der Waals surface area (Å²) in [6, 6.07) is 22.0. The van der Waals surface area contributed by atoms with Crippen LogP contribution in [-0.2, 0) is 4.79 Å². The van der Waals surface area contributed by atoms with Crippen LogP contribution in [0, 0.1) is 6.92 Å². The Kier molecular flexibility index (Phi) is 4.87.